The number of nitrogen functional groups attached to an aromatic ring is 1. The van der Waals surface area contributed by atoms with E-state index in [4.69, 9.17) is 10.2 Å². The molecule has 32 heavy (non-hydrogen) atoms. The summed E-state index contributed by atoms with van der Waals surface area (Å²) in [6.07, 6.45) is 1.01. The Balaban J connectivity index is 1.46. The van der Waals surface area contributed by atoms with Gasteiger partial charge in [0.15, 0.2) is 0 Å². The number of nitrogens with two attached hydrogens (primary N) is 1. The molecule has 1 fully saturated rings. The van der Waals surface area contributed by atoms with Crippen LogP contribution in [0.2, 0.25) is 0 Å². The first-order chi connectivity index (χ1) is 15.2. The van der Waals surface area contributed by atoms with Crippen LogP contribution in [0.3, 0.4) is 0 Å². The van der Waals surface area contributed by atoms with Crippen LogP contribution in [0.25, 0.3) is 11.5 Å². The normalized spacial score (nSPS) is 19.6. The summed E-state index contributed by atoms with van der Waals surface area (Å²) in [4.78, 5) is 12.7. The lowest BCUT2D eigenvalue weighted by Crippen LogP contribution is -2.42. The third-order valence-electron chi connectivity index (χ3n) is 5.37. The molecule has 0 radical (unpaired) electrons. The Labute approximate surface area is 186 Å². The SMILES string of the molecule is C[C@@H]1C[C@H](C)CN(S(=O)(=O)c2ccc(C(=O)Nc3nnc(-c4cccc(N)c4)o3)cc2)C1. The second kappa shape index (κ2) is 8.71. The van der Waals surface area contributed by atoms with Crippen LogP contribution in [0, 0.1) is 11.8 Å². The lowest BCUT2D eigenvalue weighted by molar-refractivity contribution is 0.102. The fourth-order valence-electron chi connectivity index (χ4n) is 3.96. The van der Waals surface area contributed by atoms with Crippen molar-refractivity contribution in [1.82, 2.24) is 14.5 Å². The molecular weight excluding hydrogens is 430 g/mol. The highest BCUT2D eigenvalue weighted by Gasteiger charge is 2.31. The smallest absolute Gasteiger partial charge is 0.322 e. The molecule has 2 aromatic carbocycles. The van der Waals surface area contributed by atoms with Gasteiger partial charge in [0.1, 0.15) is 0 Å². The van der Waals surface area contributed by atoms with Gasteiger partial charge in [-0.15, -0.1) is 5.10 Å². The molecule has 0 unspecified atom stereocenters. The summed E-state index contributed by atoms with van der Waals surface area (Å²) >= 11 is 0. The summed E-state index contributed by atoms with van der Waals surface area (Å²) in [5.41, 5.74) is 7.21. The molecule has 0 bridgehead atoms. The van der Waals surface area contributed by atoms with E-state index in [1.807, 2.05) is 0 Å². The molecule has 3 N–H and O–H groups in total. The number of hydrogen-bond donors (Lipinski definition) is 2. The molecular formula is C22H25N5O4S. The summed E-state index contributed by atoms with van der Waals surface area (Å²) in [5, 5.41) is 10.3. The molecule has 2 atom stereocenters. The monoisotopic (exact) mass is 455 g/mol. The number of nitrogens with zero attached hydrogens (tertiary/aromatic N) is 3. The molecule has 1 amide bonds. The van der Waals surface area contributed by atoms with Gasteiger partial charge in [0.25, 0.3) is 5.91 Å². The second-order valence-electron chi connectivity index (χ2n) is 8.28. The van der Waals surface area contributed by atoms with E-state index in [9.17, 15) is 13.2 Å². The predicted octanol–water partition coefficient (Wildman–Crippen LogP) is 3.24. The molecule has 0 spiro atoms. The Hall–Kier alpha value is -3.24. The molecule has 1 aliphatic rings. The van der Waals surface area contributed by atoms with E-state index in [1.54, 1.807) is 24.3 Å². The van der Waals surface area contributed by atoms with Crippen molar-refractivity contribution in [2.24, 2.45) is 11.8 Å². The Morgan fingerprint density at radius 3 is 2.44 bits per heavy atom. The largest absolute Gasteiger partial charge is 0.403 e. The lowest BCUT2D eigenvalue weighted by Gasteiger charge is -2.34. The maximum absolute atomic E-state index is 13.0. The predicted molar refractivity (Wildman–Crippen MR) is 120 cm³/mol. The highest BCUT2D eigenvalue weighted by molar-refractivity contribution is 7.89. The first-order valence-corrected chi connectivity index (χ1v) is 11.8. The summed E-state index contributed by atoms with van der Waals surface area (Å²) in [6, 6.07) is 12.7. The minimum atomic E-state index is -3.61. The number of carbonyl (C=O) groups is 1. The number of piperidine rings is 1. The minimum Gasteiger partial charge on any atom is -0.403 e. The van der Waals surface area contributed by atoms with E-state index >= 15 is 0 Å². The first kappa shape index (κ1) is 22.0. The number of amides is 1. The zero-order valence-electron chi connectivity index (χ0n) is 17.9. The molecule has 2 heterocycles. The van der Waals surface area contributed by atoms with Crippen LogP contribution < -0.4 is 11.1 Å². The van der Waals surface area contributed by atoms with E-state index in [0.29, 0.717) is 36.2 Å². The van der Waals surface area contributed by atoms with Gasteiger partial charge >= 0.3 is 6.01 Å². The molecule has 0 aliphatic carbocycles. The van der Waals surface area contributed by atoms with Gasteiger partial charge in [-0.25, -0.2) is 8.42 Å². The lowest BCUT2D eigenvalue weighted by atomic mass is 9.94. The molecule has 0 saturated carbocycles. The van der Waals surface area contributed by atoms with Crippen molar-refractivity contribution in [3.05, 3.63) is 54.1 Å². The highest BCUT2D eigenvalue weighted by Crippen LogP contribution is 2.27. The van der Waals surface area contributed by atoms with Crippen LogP contribution in [0.1, 0.15) is 30.6 Å². The summed E-state index contributed by atoms with van der Waals surface area (Å²) < 4.78 is 33.0. The quantitative estimate of drug-likeness (QED) is 0.565. The van der Waals surface area contributed by atoms with Gasteiger partial charge in [0, 0.05) is 29.9 Å². The van der Waals surface area contributed by atoms with Crippen molar-refractivity contribution in [3.63, 3.8) is 0 Å². The van der Waals surface area contributed by atoms with Gasteiger partial charge < -0.3 is 10.2 Å². The molecule has 1 aromatic heterocycles. The van der Waals surface area contributed by atoms with E-state index in [2.05, 4.69) is 29.4 Å². The summed E-state index contributed by atoms with van der Waals surface area (Å²) in [6.45, 7) is 5.12. The Kier molecular flexibility index (Phi) is 5.98. The van der Waals surface area contributed by atoms with Gasteiger partial charge in [0.05, 0.1) is 4.90 Å². The van der Waals surface area contributed by atoms with Crippen LogP contribution >= 0.6 is 0 Å². The Bertz CT molecular complexity index is 1210. The van der Waals surface area contributed by atoms with Crippen molar-refractivity contribution >= 4 is 27.6 Å². The molecule has 10 heteroatoms. The molecule has 1 saturated heterocycles. The van der Waals surface area contributed by atoms with E-state index < -0.39 is 15.9 Å². The second-order valence-corrected chi connectivity index (χ2v) is 10.2. The van der Waals surface area contributed by atoms with E-state index in [1.165, 1.54) is 28.6 Å². The Morgan fingerprint density at radius 2 is 1.78 bits per heavy atom. The van der Waals surface area contributed by atoms with Gasteiger partial charge in [0.2, 0.25) is 15.9 Å². The minimum absolute atomic E-state index is 0.0691. The fraction of sp³-hybridized carbons (Fsp3) is 0.318. The number of nitrogens with one attached hydrogen (secondary N) is 1. The zero-order chi connectivity index (χ0) is 22.9. The number of aromatic nitrogens is 2. The molecule has 3 aromatic rings. The molecule has 9 nitrogen and oxygen atoms in total. The van der Waals surface area contributed by atoms with E-state index in [0.717, 1.165) is 6.42 Å². The average Bonchev–Trinajstić information content (AvgIpc) is 3.21. The highest BCUT2D eigenvalue weighted by atomic mass is 32.2. The summed E-state index contributed by atoms with van der Waals surface area (Å²) in [7, 11) is -3.61. The standard InChI is InChI=1S/C22H25N5O4S/c1-14-10-15(2)13-27(12-14)32(29,30)19-8-6-16(7-9-19)20(28)24-22-26-25-21(31-22)17-4-3-5-18(23)11-17/h3-9,11,14-15H,10,12-13,23H2,1-2H3,(H,24,26,28)/t14-,15+. The van der Waals surface area contributed by atoms with Gasteiger partial charge in [-0.1, -0.05) is 25.0 Å². The summed E-state index contributed by atoms with van der Waals surface area (Å²) in [5.74, 6) is 0.353. The van der Waals surface area contributed by atoms with Crippen molar-refractivity contribution in [1.29, 1.82) is 0 Å². The maximum Gasteiger partial charge on any atom is 0.322 e. The fourth-order valence-corrected chi connectivity index (χ4v) is 5.64. The van der Waals surface area contributed by atoms with Crippen LogP contribution in [0.15, 0.2) is 57.8 Å². The topological polar surface area (TPSA) is 131 Å². The third-order valence-corrected chi connectivity index (χ3v) is 7.21. The number of hydrogen-bond acceptors (Lipinski definition) is 7. The first-order valence-electron chi connectivity index (χ1n) is 10.3. The van der Waals surface area contributed by atoms with Crippen molar-refractivity contribution in [3.8, 4) is 11.5 Å². The Morgan fingerprint density at radius 1 is 1.09 bits per heavy atom. The number of benzene rings is 2. The van der Waals surface area contributed by atoms with Gasteiger partial charge in [-0.3, -0.25) is 10.1 Å². The number of rotatable bonds is 5. The number of sulfonamides is 1. The van der Waals surface area contributed by atoms with Gasteiger partial charge in [-0.2, -0.15) is 4.31 Å². The van der Waals surface area contributed by atoms with Gasteiger partial charge in [-0.05, 0) is 60.7 Å². The third kappa shape index (κ3) is 4.66. The van der Waals surface area contributed by atoms with Crippen molar-refractivity contribution in [2.75, 3.05) is 24.1 Å². The number of anilines is 2. The average molecular weight is 456 g/mol. The van der Waals surface area contributed by atoms with E-state index in [-0.39, 0.29) is 22.4 Å². The maximum atomic E-state index is 13.0. The number of carbonyl (C=O) groups excluding carboxylic acids is 1. The van der Waals surface area contributed by atoms with Crippen LogP contribution in [-0.2, 0) is 10.0 Å². The van der Waals surface area contributed by atoms with Crippen LogP contribution in [0.4, 0.5) is 11.7 Å². The van der Waals surface area contributed by atoms with Crippen LogP contribution in [-0.4, -0.2) is 41.9 Å². The van der Waals surface area contributed by atoms with Crippen molar-refractivity contribution < 1.29 is 17.6 Å². The zero-order valence-corrected chi connectivity index (χ0v) is 18.7. The van der Waals surface area contributed by atoms with Crippen LogP contribution in [0.5, 0.6) is 0 Å². The molecule has 1 aliphatic heterocycles. The van der Waals surface area contributed by atoms with Crippen molar-refractivity contribution in [2.45, 2.75) is 25.2 Å². The molecule has 4 rings (SSSR count). The molecule has 168 valence electrons.